The third-order valence-electron chi connectivity index (χ3n) is 4.78. The summed E-state index contributed by atoms with van der Waals surface area (Å²) in [4.78, 5) is 26.7. The molecule has 142 valence electrons. The Morgan fingerprint density at radius 2 is 1.96 bits per heavy atom. The van der Waals surface area contributed by atoms with Gasteiger partial charge in [-0.05, 0) is 48.6 Å². The molecule has 0 bridgehead atoms. The van der Waals surface area contributed by atoms with Gasteiger partial charge in [-0.1, -0.05) is 24.3 Å². The minimum Gasteiger partial charge on any atom is -0.352 e. The van der Waals surface area contributed by atoms with Gasteiger partial charge in [0.05, 0.1) is 5.69 Å². The number of hydrogen-bond donors (Lipinski definition) is 3. The van der Waals surface area contributed by atoms with Crippen LogP contribution in [0.5, 0.6) is 0 Å². The fourth-order valence-electron chi connectivity index (χ4n) is 3.17. The third-order valence-corrected chi connectivity index (χ3v) is 4.78. The number of H-pyrrole nitrogens is 2. The highest BCUT2D eigenvalue weighted by atomic mass is 16.1. The highest BCUT2D eigenvalue weighted by Crippen LogP contribution is 2.17. The maximum absolute atomic E-state index is 12.2. The predicted molar refractivity (Wildman–Crippen MR) is 105 cm³/mol. The first-order valence-corrected chi connectivity index (χ1v) is 8.97. The van der Waals surface area contributed by atoms with E-state index in [-0.39, 0.29) is 23.5 Å². The van der Waals surface area contributed by atoms with Crippen LogP contribution in [0.1, 0.15) is 34.4 Å². The Morgan fingerprint density at radius 1 is 1.21 bits per heavy atom. The Morgan fingerprint density at radius 3 is 2.61 bits per heavy atom. The van der Waals surface area contributed by atoms with E-state index in [0.717, 1.165) is 22.4 Å². The number of aryl methyl sites for hydroxylation is 1. The second-order valence-corrected chi connectivity index (χ2v) is 6.61. The smallest absolute Gasteiger partial charge is 0.266 e. The Balaban J connectivity index is 1.57. The van der Waals surface area contributed by atoms with Crippen molar-refractivity contribution in [1.29, 1.82) is 5.26 Å². The number of benzene rings is 1. The van der Waals surface area contributed by atoms with Crippen LogP contribution in [0.2, 0.25) is 0 Å². The molecular formula is C21H21N5O2. The molecule has 0 saturated carbocycles. The summed E-state index contributed by atoms with van der Waals surface area (Å²) in [7, 11) is 0. The SMILES string of the molecule is Cc1[nH]c(=O)c(C#N)c(C)c1CCC(=O)NCc1ccc(-c2ccn[nH]2)cc1. The van der Waals surface area contributed by atoms with E-state index < -0.39 is 0 Å². The number of aromatic amines is 2. The number of aromatic nitrogens is 3. The molecule has 7 nitrogen and oxygen atoms in total. The summed E-state index contributed by atoms with van der Waals surface area (Å²) in [5.41, 5.74) is 4.89. The molecule has 0 aliphatic heterocycles. The van der Waals surface area contributed by atoms with Gasteiger partial charge in [-0.15, -0.1) is 0 Å². The number of pyridine rings is 1. The minimum atomic E-state index is -0.385. The summed E-state index contributed by atoms with van der Waals surface area (Å²) < 4.78 is 0. The lowest BCUT2D eigenvalue weighted by Crippen LogP contribution is -2.24. The molecule has 1 aromatic carbocycles. The molecule has 0 radical (unpaired) electrons. The van der Waals surface area contributed by atoms with Crippen molar-refractivity contribution < 1.29 is 4.79 Å². The summed E-state index contributed by atoms with van der Waals surface area (Å²) in [6.07, 6.45) is 2.45. The van der Waals surface area contributed by atoms with E-state index in [1.54, 1.807) is 20.0 Å². The fourth-order valence-corrected chi connectivity index (χ4v) is 3.17. The molecule has 0 fully saturated rings. The van der Waals surface area contributed by atoms with Crippen LogP contribution in [-0.4, -0.2) is 21.1 Å². The van der Waals surface area contributed by atoms with E-state index >= 15 is 0 Å². The number of carbonyl (C=O) groups is 1. The summed E-state index contributed by atoms with van der Waals surface area (Å²) >= 11 is 0. The maximum Gasteiger partial charge on any atom is 0.266 e. The van der Waals surface area contributed by atoms with Gasteiger partial charge < -0.3 is 10.3 Å². The highest BCUT2D eigenvalue weighted by molar-refractivity contribution is 5.76. The Bertz CT molecular complexity index is 1070. The summed E-state index contributed by atoms with van der Waals surface area (Å²) in [6.45, 7) is 3.97. The molecule has 0 atom stereocenters. The summed E-state index contributed by atoms with van der Waals surface area (Å²) in [6, 6.07) is 11.7. The zero-order valence-electron chi connectivity index (χ0n) is 15.8. The van der Waals surface area contributed by atoms with Crippen LogP contribution in [0.4, 0.5) is 0 Å². The second kappa shape index (κ2) is 8.35. The number of hydrogen-bond acceptors (Lipinski definition) is 4. The van der Waals surface area contributed by atoms with Crippen molar-refractivity contribution >= 4 is 5.91 Å². The summed E-state index contributed by atoms with van der Waals surface area (Å²) in [5.74, 6) is -0.0823. The highest BCUT2D eigenvalue weighted by Gasteiger charge is 2.13. The van der Waals surface area contributed by atoms with E-state index in [1.807, 2.05) is 36.4 Å². The van der Waals surface area contributed by atoms with Crippen LogP contribution in [0.15, 0.2) is 41.3 Å². The van der Waals surface area contributed by atoms with Gasteiger partial charge in [0.1, 0.15) is 11.6 Å². The van der Waals surface area contributed by atoms with Crippen molar-refractivity contribution in [3.8, 4) is 17.3 Å². The van der Waals surface area contributed by atoms with Gasteiger partial charge >= 0.3 is 0 Å². The predicted octanol–water partition coefficient (Wildman–Crippen LogP) is 2.50. The maximum atomic E-state index is 12.2. The van der Waals surface area contributed by atoms with Crippen molar-refractivity contribution in [1.82, 2.24) is 20.5 Å². The normalized spacial score (nSPS) is 10.5. The van der Waals surface area contributed by atoms with Gasteiger partial charge in [0.15, 0.2) is 0 Å². The van der Waals surface area contributed by atoms with E-state index in [9.17, 15) is 9.59 Å². The number of nitrogens with one attached hydrogen (secondary N) is 3. The van der Waals surface area contributed by atoms with Gasteiger partial charge in [-0.25, -0.2) is 0 Å². The number of nitriles is 1. The van der Waals surface area contributed by atoms with Crippen LogP contribution < -0.4 is 10.9 Å². The first kappa shape index (κ1) is 19.1. The summed E-state index contributed by atoms with van der Waals surface area (Å²) in [5, 5.41) is 18.9. The van der Waals surface area contributed by atoms with Crippen molar-refractivity contribution in [2.75, 3.05) is 0 Å². The van der Waals surface area contributed by atoms with Gasteiger partial charge in [0.2, 0.25) is 5.91 Å². The van der Waals surface area contributed by atoms with Crippen molar-refractivity contribution in [3.05, 3.63) is 74.8 Å². The van der Waals surface area contributed by atoms with Crippen LogP contribution in [-0.2, 0) is 17.8 Å². The molecule has 0 aliphatic carbocycles. The molecule has 3 rings (SSSR count). The third kappa shape index (κ3) is 4.18. The van der Waals surface area contributed by atoms with Gasteiger partial charge in [-0.3, -0.25) is 14.7 Å². The zero-order chi connectivity index (χ0) is 20.1. The molecular weight excluding hydrogens is 354 g/mol. The van der Waals surface area contributed by atoms with Crippen LogP contribution in [0.3, 0.4) is 0 Å². The number of rotatable bonds is 6. The number of nitrogens with zero attached hydrogens (tertiary/aromatic N) is 2. The monoisotopic (exact) mass is 375 g/mol. The number of carbonyl (C=O) groups excluding carboxylic acids is 1. The molecule has 2 heterocycles. The molecule has 0 unspecified atom stereocenters. The lowest BCUT2D eigenvalue weighted by Gasteiger charge is -2.11. The minimum absolute atomic E-state index is 0.0823. The molecule has 3 aromatic rings. The van der Waals surface area contributed by atoms with Gasteiger partial charge in [0, 0.05) is 24.9 Å². The van der Waals surface area contributed by atoms with Crippen molar-refractivity contribution in [2.24, 2.45) is 0 Å². The van der Waals surface area contributed by atoms with E-state index in [4.69, 9.17) is 5.26 Å². The van der Waals surface area contributed by atoms with Gasteiger partial charge in [-0.2, -0.15) is 10.4 Å². The topological polar surface area (TPSA) is 114 Å². The molecule has 0 saturated heterocycles. The lowest BCUT2D eigenvalue weighted by molar-refractivity contribution is -0.121. The fraction of sp³-hybridized carbons (Fsp3) is 0.238. The average Bonchev–Trinajstić information content (AvgIpc) is 3.21. The lowest BCUT2D eigenvalue weighted by atomic mass is 9.99. The van der Waals surface area contributed by atoms with Crippen molar-refractivity contribution in [3.63, 3.8) is 0 Å². The van der Waals surface area contributed by atoms with Crippen LogP contribution in [0, 0.1) is 25.2 Å². The largest absolute Gasteiger partial charge is 0.352 e. The van der Waals surface area contributed by atoms with Gasteiger partial charge in [0.25, 0.3) is 5.56 Å². The zero-order valence-corrected chi connectivity index (χ0v) is 15.8. The Kier molecular flexibility index (Phi) is 5.70. The van der Waals surface area contributed by atoms with Crippen LogP contribution >= 0.6 is 0 Å². The second-order valence-electron chi connectivity index (χ2n) is 6.61. The van der Waals surface area contributed by atoms with Crippen LogP contribution in [0.25, 0.3) is 11.3 Å². The molecule has 2 aromatic heterocycles. The van der Waals surface area contributed by atoms with E-state index in [2.05, 4.69) is 20.5 Å². The first-order valence-electron chi connectivity index (χ1n) is 8.97. The van der Waals surface area contributed by atoms with E-state index in [0.29, 0.717) is 24.2 Å². The quantitative estimate of drug-likeness (QED) is 0.614. The average molecular weight is 375 g/mol. The Hall–Kier alpha value is -3.66. The molecule has 3 N–H and O–H groups in total. The molecule has 1 amide bonds. The molecule has 0 aliphatic rings. The molecule has 28 heavy (non-hydrogen) atoms. The van der Waals surface area contributed by atoms with E-state index in [1.165, 1.54) is 0 Å². The van der Waals surface area contributed by atoms with Crippen molar-refractivity contribution in [2.45, 2.75) is 33.2 Å². The number of amides is 1. The molecule has 7 heteroatoms. The standard InChI is InChI=1S/C21H21N5O2/c1-13-17(14(2)25-21(28)18(13)11-22)7-8-20(27)23-12-15-3-5-16(6-4-15)19-9-10-24-26-19/h3-6,9-10H,7-8,12H2,1-2H3,(H,23,27)(H,24,26)(H,25,28). The Labute approximate surface area is 162 Å². The first-order chi connectivity index (χ1) is 13.5. The molecule has 0 spiro atoms.